The monoisotopic (exact) mass is 205 g/mol. The maximum Gasteiger partial charge on any atom is 0.407 e. The van der Waals surface area contributed by atoms with Crippen LogP contribution in [0.3, 0.4) is 0 Å². The van der Waals surface area contributed by atoms with E-state index in [-0.39, 0.29) is 13.2 Å². The third-order valence-electron chi connectivity index (χ3n) is 1.39. The lowest BCUT2D eigenvalue weighted by Gasteiger charge is -2.11. The van der Waals surface area contributed by atoms with Crippen molar-refractivity contribution in [2.24, 2.45) is 5.92 Å². The molecule has 14 heavy (non-hydrogen) atoms. The van der Waals surface area contributed by atoms with Crippen molar-refractivity contribution in [3.05, 3.63) is 0 Å². The van der Waals surface area contributed by atoms with Crippen molar-refractivity contribution in [3.8, 4) is 0 Å². The quantitative estimate of drug-likeness (QED) is 0.657. The van der Waals surface area contributed by atoms with Crippen LogP contribution in [0.15, 0.2) is 0 Å². The molecule has 1 unspecified atom stereocenters. The van der Waals surface area contributed by atoms with Crippen molar-refractivity contribution in [1.82, 2.24) is 5.32 Å². The molecule has 0 aromatic carbocycles. The zero-order valence-electron chi connectivity index (χ0n) is 8.95. The van der Waals surface area contributed by atoms with Gasteiger partial charge in [-0.2, -0.15) is 0 Å². The Balaban J connectivity index is 3.43. The number of hydrogen-bond donors (Lipinski definition) is 2. The summed E-state index contributed by atoms with van der Waals surface area (Å²) in [6.45, 7) is 4.63. The zero-order valence-corrected chi connectivity index (χ0v) is 8.95. The van der Waals surface area contributed by atoms with E-state index in [2.05, 4.69) is 5.32 Å². The number of amides is 1. The number of hydrogen-bond acceptors (Lipinski definition) is 4. The van der Waals surface area contributed by atoms with Crippen LogP contribution in [0.4, 0.5) is 4.79 Å². The highest BCUT2D eigenvalue weighted by molar-refractivity contribution is 5.67. The number of carbonyl (C=O) groups excluding carboxylic acids is 1. The molecule has 0 spiro atoms. The highest BCUT2D eigenvalue weighted by Gasteiger charge is 2.07. The van der Waals surface area contributed by atoms with E-state index in [0.717, 1.165) is 0 Å². The van der Waals surface area contributed by atoms with Gasteiger partial charge in [-0.15, -0.1) is 0 Å². The standard InChI is InChI=1S/C9H19NO4/c1-7(2)5-14-9(12)10-4-8(11)6-13-3/h7-8,11H,4-6H2,1-3H3,(H,10,12). The average molecular weight is 205 g/mol. The number of nitrogens with one attached hydrogen (secondary N) is 1. The molecule has 2 N–H and O–H groups in total. The summed E-state index contributed by atoms with van der Waals surface area (Å²) in [4.78, 5) is 11.0. The van der Waals surface area contributed by atoms with Crippen LogP contribution in [0.1, 0.15) is 13.8 Å². The molecular formula is C9H19NO4. The van der Waals surface area contributed by atoms with Gasteiger partial charge in [-0.3, -0.25) is 0 Å². The molecule has 1 amide bonds. The van der Waals surface area contributed by atoms with Crippen LogP contribution in [-0.4, -0.2) is 44.2 Å². The Hall–Kier alpha value is -0.810. The molecule has 0 saturated heterocycles. The molecule has 0 aromatic heterocycles. The Morgan fingerprint density at radius 1 is 1.43 bits per heavy atom. The van der Waals surface area contributed by atoms with E-state index >= 15 is 0 Å². The molecule has 0 rings (SSSR count). The van der Waals surface area contributed by atoms with E-state index < -0.39 is 12.2 Å². The normalized spacial score (nSPS) is 12.6. The van der Waals surface area contributed by atoms with Gasteiger partial charge in [0.2, 0.25) is 0 Å². The molecule has 0 aromatic rings. The fourth-order valence-corrected chi connectivity index (χ4v) is 0.746. The molecule has 1 atom stereocenters. The van der Waals surface area contributed by atoms with Gasteiger partial charge in [0, 0.05) is 13.7 Å². The molecule has 0 bridgehead atoms. The number of ether oxygens (including phenoxy) is 2. The fourth-order valence-electron chi connectivity index (χ4n) is 0.746. The van der Waals surface area contributed by atoms with Crippen molar-refractivity contribution >= 4 is 6.09 Å². The van der Waals surface area contributed by atoms with Crippen molar-refractivity contribution < 1.29 is 19.4 Å². The van der Waals surface area contributed by atoms with Crippen molar-refractivity contribution in [2.45, 2.75) is 20.0 Å². The lowest BCUT2D eigenvalue weighted by Crippen LogP contribution is -2.35. The summed E-state index contributed by atoms with van der Waals surface area (Å²) >= 11 is 0. The Morgan fingerprint density at radius 3 is 2.57 bits per heavy atom. The van der Waals surface area contributed by atoms with Gasteiger partial charge in [0.25, 0.3) is 0 Å². The summed E-state index contributed by atoms with van der Waals surface area (Å²) in [7, 11) is 1.49. The van der Waals surface area contributed by atoms with Crippen molar-refractivity contribution in [2.75, 3.05) is 26.9 Å². The van der Waals surface area contributed by atoms with Gasteiger partial charge in [-0.25, -0.2) is 4.79 Å². The predicted octanol–water partition coefficient (Wildman–Crippen LogP) is 0.376. The minimum atomic E-state index is -0.688. The molecule has 0 radical (unpaired) electrons. The Kier molecular flexibility index (Phi) is 7.14. The number of alkyl carbamates (subject to hydrolysis) is 1. The first-order valence-corrected chi connectivity index (χ1v) is 4.64. The van der Waals surface area contributed by atoms with E-state index in [1.807, 2.05) is 13.8 Å². The second-order valence-electron chi connectivity index (χ2n) is 3.48. The molecule has 0 aliphatic rings. The second-order valence-corrected chi connectivity index (χ2v) is 3.48. The maximum atomic E-state index is 11.0. The van der Waals surface area contributed by atoms with Crippen molar-refractivity contribution in [3.63, 3.8) is 0 Å². The Labute approximate surface area is 84.4 Å². The summed E-state index contributed by atoms with van der Waals surface area (Å²) in [5.74, 6) is 0.310. The topological polar surface area (TPSA) is 67.8 Å². The molecule has 0 aliphatic carbocycles. The largest absolute Gasteiger partial charge is 0.449 e. The molecule has 5 heteroatoms. The summed E-state index contributed by atoms with van der Waals surface area (Å²) < 4.78 is 9.52. The van der Waals surface area contributed by atoms with Crippen LogP contribution >= 0.6 is 0 Å². The average Bonchev–Trinajstić information content (AvgIpc) is 2.12. The fraction of sp³-hybridized carbons (Fsp3) is 0.889. The van der Waals surface area contributed by atoms with E-state index in [1.54, 1.807) is 0 Å². The maximum absolute atomic E-state index is 11.0. The van der Waals surface area contributed by atoms with E-state index in [1.165, 1.54) is 7.11 Å². The minimum absolute atomic E-state index is 0.144. The summed E-state index contributed by atoms with van der Waals surface area (Å²) in [5, 5.41) is 11.6. The van der Waals surface area contributed by atoms with Crippen molar-refractivity contribution in [1.29, 1.82) is 0 Å². The van der Waals surface area contributed by atoms with E-state index in [4.69, 9.17) is 9.47 Å². The van der Waals surface area contributed by atoms with Crippen LogP contribution in [0.2, 0.25) is 0 Å². The van der Waals surface area contributed by atoms with Gasteiger partial charge in [0.15, 0.2) is 0 Å². The molecule has 0 heterocycles. The lowest BCUT2D eigenvalue weighted by molar-refractivity contribution is 0.0615. The van der Waals surface area contributed by atoms with Crippen LogP contribution in [-0.2, 0) is 9.47 Å². The van der Waals surface area contributed by atoms with Gasteiger partial charge in [0.05, 0.1) is 19.3 Å². The predicted molar refractivity (Wildman–Crippen MR) is 52.1 cm³/mol. The van der Waals surface area contributed by atoms with Gasteiger partial charge in [-0.05, 0) is 5.92 Å². The third kappa shape index (κ3) is 7.82. The van der Waals surface area contributed by atoms with E-state index in [9.17, 15) is 9.90 Å². The number of rotatable bonds is 6. The summed E-state index contributed by atoms with van der Waals surface area (Å²) in [5.41, 5.74) is 0. The molecule has 0 saturated carbocycles. The molecule has 5 nitrogen and oxygen atoms in total. The third-order valence-corrected chi connectivity index (χ3v) is 1.39. The van der Waals surface area contributed by atoms with Gasteiger partial charge in [0.1, 0.15) is 0 Å². The van der Waals surface area contributed by atoms with Gasteiger partial charge < -0.3 is 19.9 Å². The first-order chi connectivity index (χ1) is 6.56. The Bertz CT molecular complexity index is 161. The molecule has 84 valence electrons. The number of aliphatic hydroxyl groups is 1. The number of aliphatic hydroxyl groups excluding tert-OH is 1. The van der Waals surface area contributed by atoms with Crippen LogP contribution < -0.4 is 5.32 Å². The number of methoxy groups -OCH3 is 1. The smallest absolute Gasteiger partial charge is 0.407 e. The first-order valence-electron chi connectivity index (χ1n) is 4.64. The second kappa shape index (κ2) is 7.58. The van der Waals surface area contributed by atoms with Gasteiger partial charge in [-0.1, -0.05) is 13.8 Å². The van der Waals surface area contributed by atoms with Crippen LogP contribution in [0, 0.1) is 5.92 Å². The lowest BCUT2D eigenvalue weighted by atomic mass is 10.2. The first kappa shape index (κ1) is 13.2. The highest BCUT2D eigenvalue weighted by atomic mass is 16.5. The molecular weight excluding hydrogens is 186 g/mol. The highest BCUT2D eigenvalue weighted by Crippen LogP contribution is 1.92. The zero-order chi connectivity index (χ0) is 11.0. The van der Waals surface area contributed by atoms with Gasteiger partial charge >= 0.3 is 6.09 Å². The summed E-state index contributed by atoms with van der Waals surface area (Å²) in [6, 6.07) is 0. The van der Waals surface area contributed by atoms with Crippen LogP contribution in [0.5, 0.6) is 0 Å². The SMILES string of the molecule is COCC(O)CNC(=O)OCC(C)C. The summed E-state index contributed by atoms with van der Waals surface area (Å²) in [6.07, 6.45) is -1.19. The Morgan fingerprint density at radius 2 is 2.07 bits per heavy atom. The van der Waals surface area contributed by atoms with E-state index in [0.29, 0.717) is 12.5 Å². The van der Waals surface area contributed by atoms with Crippen LogP contribution in [0.25, 0.3) is 0 Å². The number of carbonyl (C=O) groups is 1. The minimum Gasteiger partial charge on any atom is -0.449 e. The molecule has 0 fully saturated rings. The molecule has 0 aliphatic heterocycles.